The molecule has 0 aliphatic carbocycles. The average molecular weight is 540 g/mol. The summed E-state index contributed by atoms with van der Waals surface area (Å²) in [5, 5.41) is 11.2. The Morgan fingerprint density at radius 2 is 1.69 bits per heavy atom. The lowest BCUT2D eigenvalue weighted by molar-refractivity contribution is -0.135. The van der Waals surface area contributed by atoms with E-state index < -0.39 is 28.4 Å². The molecule has 0 aliphatic heterocycles. The first-order valence-electron chi connectivity index (χ1n) is 9.00. The summed E-state index contributed by atoms with van der Waals surface area (Å²) in [6, 6.07) is 16.5. The summed E-state index contributed by atoms with van der Waals surface area (Å²) >= 11 is 9.49. The maximum atomic E-state index is 12.8. The van der Waals surface area contributed by atoms with E-state index in [1.165, 1.54) is 30.3 Å². The number of carbonyl (C=O) groups excluding carboxylic acids is 1. The van der Waals surface area contributed by atoms with Gasteiger partial charge in [0.1, 0.15) is 12.3 Å². The van der Waals surface area contributed by atoms with Gasteiger partial charge in [0.2, 0.25) is 0 Å². The smallest absolute Gasteiger partial charge is 0.322 e. The second kappa shape index (κ2) is 10.0. The van der Waals surface area contributed by atoms with Crippen molar-refractivity contribution in [2.75, 3.05) is 11.3 Å². The first-order valence-corrected chi connectivity index (χ1v) is 11.7. The monoisotopic (exact) mass is 538 g/mol. The van der Waals surface area contributed by atoms with Crippen molar-refractivity contribution in [3.8, 4) is 11.5 Å². The fraction of sp³-hybridized carbons (Fsp3) is 0.0476. The highest BCUT2D eigenvalue weighted by atomic mass is 79.9. The predicted molar refractivity (Wildman–Crippen MR) is 123 cm³/mol. The molecule has 3 rings (SSSR count). The number of halogens is 2. The highest BCUT2D eigenvalue weighted by molar-refractivity contribution is 9.10. The number of carbonyl (C=O) groups is 2. The highest BCUT2D eigenvalue weighted by Gasteiger charge is 2.18. The van der Waals surface area contributed by atoms with Gasteiger partial charge in [0.05, 0.1) is 15.6 Å². The summed E-state index contributed by atoms with van der Waals surface area (Å²) in [7, 11) is -4.01. The maximum Gasteiger partial charge on any atom is 0.322 e. The lowest BCUT2D eigenvalue weighted by Crippen LogP contribution is -2.29. The van der Waals surface area contributed by atoms with Gasteiger partial charge in [0.15, 0.2) is 5.75 Å². The third kappa shape index (κ3) is 6.00. The van der Waals surface area contributed by atoms with Gasteiger partial charge in [0, 0.05) is 10.0 Å². The van der Waals surface area contributed by atoms with Gasteiger partial charge in [0.25, 0.3) is 15.9 Å². The van der Waals surface area contributed by atoms with Crippen LogP contribution in [-0.4, -0.2) is 31.9 Å². The van der Waals surface area contributed by atoms with Crippen LogP contribution in [0.5, 0.6) is 11.5 Å². The van der Waals surface area contributed by atoms with E-state index in [1.807, 2.05) is 0 Å². The van der Waals surface area contributed by atoms with Gasteiger partial charge in [-0.25, -0.2) is 8.42 Å². The molecular weight excluding hydrogens is 524 g/mol. The van der Waals surface area contributed by atoms with Crippen molar-refractivity contribution in [2.45, 2.75) is 4.90 Å². The van der Waals surface area contributed by atoms with Crippen molar-refractivity contribution in [1.82, 2.24) is 5.32 Å². The number of para-hydroxylation sites is 2. The van der Waals surface area contributed by atoms with Crippen LogP contribution in [0.25, 0.3) is 0 Å². The van der Waals surface area contributed by atoms with Crippen LogP contribution in [0.1, 0.15) is 10.4 Å². The topological polar surface area (TPSA) is 122 Å². The van der Waals surface area contributed by atoms with Gasteiger partial charge in [-0.2, -0.15) is 0 Å². The largest absolute Gasteiger partial charge is 0.480 e. The average Bonchev–Trinajstić information content (AvgIpc) is 2.75. The molecule has 3 aromatic carbocycles. The van der Waals surface area contributed by atoms with Crippen LogP contribution < -0.4 is 14.8 Å². The zero-order chi connectivity index (χ0) is 23.3. The van der Waals surface area contributed by atoms with E-state index in [4.69, 9.17) is 21.4 Å². The number of aliphatic carboxylic acids is 1. The molecule has 3 aromatic rings. The molecule has 8 nitrogen and oxygen atoms in total. The number of sulfonamides is 1. The molecule has 0 aromatic heterocycles. The lowest BCUT2D eigenvalue weighted by atomic mass is 10.2. The standard InChI is InChI=1S/C21H16BrClN2O6S/c22-14-7-10-18(16(23)11-14)31-19-4-2-1-3-17(19)25-32(29,30)15-8-5-13(6-9-15)21(28)24-12-20(26)27/h1-11,25H,12H2,(H,24,28)(H,26,27). The molecule has 0 fully saturated rings. The van der Waals surface area contributed by atoms with Crippen molar-refractivity contribution in [2.24, 2.45) is 0 Å². The Labute approximate surface area is 197 Å². The third-order valence-corrected chi connectivity index (χ3v) is 6.24. The number of carboxylic acid groups (broad SMARTS) is 1. The van der Waals surface area contributed by atoms with Crippen molar-refractivity contribution in [3.05, 3.63) is 81.8 Å². The number of nitrogens with one attached hydrogen (secondary N) is 2. The Kier molecular flexibility index (Phi) is 7.39. The molecule has 0 aliphatic rings. The van der Waals surface area contributed by atoms with Crippen LogP contribution in [0.2, 0.25) is 5.02 Å². The van der Waals surface area contributed by atoms with Crippen molar-refractivity contribution in [1.29, 1.82) is 0 Å². The minimum Gasteiger partial charge on any atom is -0.480 e. The number of carboxylic acids is 1. The number of hydrogen-bond donors (Lipinski definition) is 3. The Morgan fingerprint density at radius 1 is 1.00 bits per heavy atom. The van der Waals surface area contributed by atoms with Gasteiger partial charge in [-0.3, -0.25) is 14.3 Å². The number of amides is 1. The Bertz CT molecular complexity index is 1270. The Morgan fingerprint density at radius 3 is 2.34 bits per heavy atom. The molecule has 11 heteroatoms. The zero-order valence-corrected chi connectivity index (χ0v) is 19.4. The van der Waals surface area contributed by atoms with Crippen LogP contribution in [0, 0.1) is 0 Å². The van der Waals surface area contributed by atoms with Crippen molar-refractivity contribution < 1.29 is 27.9 Å². The van der Waals surface area contributed by atoms with Gasteiger partial charge >= 0.3 is 5.97 Å². The summed E-state index contributed by atoms with van der Waals surface area (Å²) in [6.45, 7) is -0.542. The molecular formula is C21H16BrClN2O6S. The molecule has 0 radical (unpaired) electrons. The minimum atomic E-state index is -4.01. The van der Waals surface area contributed by atoms with E-state index >= 15 is 0 Å². The van der Waals surface area contributed by atoms with E-state index in [0.29, 0.717) is 10.8 Å². The molecule has 0 saturated heterocycles. The van der Waals surface area contributed by atoms with Crippen LogP contribution in [0.3, 0.4) is 0 Å². The van der Waals surface area contributed by atoms with Gasteiger partial charge in [-0.05, 0) is 54.6 Å². The molecule has 0 atom stereocenters. The summed E-state index contributed by atoms with van der Waals surface area (Å²) in [5.74, 6) is -1.23. The van der Waals surface area contributed by atoms with E-state index in [9.17, 15) is 18.0 Å². The summed E-state index contributed by atoms with van der Waals surface area (Å²) < 4.78 is 34.7. The molecule has 166 valence electrons. The summed E-state index contributed by atoms with van der Waals surface area (Å²) in [6.07, 6.45) is 0. The normalized spacial score (nSPS) is 10.9. The molecule has 0 saturated carbocycles. The quantitative estimate of drug-likeness (QED) is 0.387. The SMILES string of the molecule is O=C(O)CNC(=O)c1ccc(S(=O)(=O)Nc2ccccc2Oc2ccc(Br)cc2Cl)cc1. The number of ether oxygens (including phenoxy) is 1. The van der Waals surface area contributed by atoms with E-state index in [-0.39, 0.29) is 21.9 Å². The summed E-state index contributed by atoms with van der Waals surface area (Å²) in [5.41, 5.74) is 0.313. The number of rotatable bonds is 8. The second-order valence-corrected chi connectivity index (χ2v) is 9.38. The Balaban J connectivity index is 1.79. The van der Waals surface area contributed by atoms with Crippen molar-refractivity contribution in [3.63, 3.8) is 0 Å². The number of hydrogen-bond acceptors (Lipinski definition) is 5. The zero-order valence-electron chi connectivity index (χ0n) is 16.2. The van der Waals surface area contributed by atoms with Crippen molar-refractivity contribution >= 4 is 55.1 Å². The van der Waals surface area contributed by atoms with Gasteiger partial charge in [-0.15, -0.1) is 0 Å². The van der Waals surface area contributed by atoms with Crippen LogP contribution in [0.4, 0.5) is 5.69 Å². The van der Waals surface area contributed by atoms with Gasteiger partial charge in [-0.1, -0.05) is 39.7 Å². The first kappa shape index (κ1) is 23.6. The van der Waals surface area contributed by atoms with E-state index in [0.717, 1.165) is 4.47 Å². The van der Waals surface area contributed by atoms with Crippen LogP contribution in [0.15, 0.2) is 76.1 Å². The third-order valence-electron chi connectivity index (χ3n) is 4.07. The number of benzene rings is 3. The maximum absolute atomic E-state index is 12.8. The summed E-state index contributed by atoms with van der Waals surface area (Å²) in [4.78, 5) is 22.4. The van der Waals surface area contributed by atoms with Crippen LogP contribution >= 0.6 is 27.5 Å². The fourth-order valence-electron chi connectivity index (χ4n) is 2.56. The molecule has 1 amide bonds. The number of anilines is 1. The Hall–Kier alpha value is -3.08. The molecule has 0 spiro atoms. The molecule has 32 heavy (non-hydrogen) atoms. The fourth-order valence-corrected chi connectivity index (χ4v) is 4.35. The molecule has 0 bridgehead atoms. The van der Waals surface area contributed by atoms with Crippen LogP contribution in [-0.2, 0) is 14.8 Å². The molecule has 0 heterocycles. The molecule has 3 N–H and O–H groups in total. The molecule has 0 unspecified atom stereocenters. The van der Waals surface area contributed by atoms with E-state index in [1.54, 1.807) is 36.4 Å². The first-order chi connectivity index (χ1) is 15.2. The predicted octanol–water partition coefficient (Wildman–Crippen LogP) is 4.51. The van der Waals surface area contributed by atoms with Gasteiger partial charge < -0.3 is 15.2 Å². The van der Waals surface area contributed by atoms with E-state index in [2.05, 4.69) is 26.0 Å². The highest BCUT2D eigenvalue weighted by Crippen LogP contribution is 2.35. The second-order valence-electron chi connectivity index (χ2n) is 6.38. The lowest BCUT2D eigenvalue weighted by Gasteiger charge is -2.14. The minimum absolute atomic E-state index is 0.0937.